The summed E-state index contributed by atoms with van der Waals surface area (Å²) in [5.41, 5.74) is 4.26. The summed E-state index contributed by atoms with van der Waals surface area (Å²) in [6, 6.07) is 7.03. The first-order valence-electron chi connectivity index (χ1n) is 11.4. The fourth-order valence-electron chi connectivity index (χ4n) is 4.78. The van der Waals surface area contributed by atoms with Gasteiger partial charge in [0.2, 0.25) is 5.95 Å². The minimum atomic E-state index is -0.178. The van der Waals surface area contributed by atoms with Crippen molar-refractivity contribution < 1.29 is 5.11 Å². The topological polar surface area (TPSA) is 91.7 Å². The fourth-order valence-corrected chi connectivity index (χ4v) is 4.78. The molecule has 0 bridgehead atoms. The van der Waals surface area contributed by atoms with Crippen LogP contribution in [0.25, 0.3) is 33.1 Å². The Kier molecular flexibility index (Phi) is 5.36. The highest BCUT2D eigenvalue weighted by molar-refractivity contribution is 5.96. The molecular formula is C24H30N6O. The van der Waals surface area contributed by atoms with Crippen LogP contribution in [-0.2, 0) is 0 Å². The molecular weight excluding hydrogens is 388 g/mol. The molecule has 162 valence electrons. The van der Waals surface area contributed by atoms with Crippen LogP contribution in [0, 0.1) is 0 Å². The minimum absolute atomic E-state index is 0.178. The van der Waals surface area contributed by atoms with Gasteiger partial charge in [0.1, 0.15) is 5.65 Å². The number of benzene rings is 1. The zero-order chi connectivity index (χ0) is 21.4. The Balaban J connectivity index is 1.60. The maximum Gasteiger partial charge on any atom is 0.224 e. The van der Waals surface area contributed by atoms with E-state index in [0.717, 1.165) is 71.6 Å². The van der Waals surface area contributed by atoms with Gasteiger partial charge in [0.05, 0.1) is 17.8 Å². The van der Waals surface area contributed by atoms with Crippen molar-refractivity contribution in [3.63, 3.8) is 0 Å². The molecule has 1 aliphatic rings. The molecule has 0 aliphatic heterocycles. The summed E-state index contributed by atoms with van der Waals surface area (Å²) in [5.74, 6) is 0.681. The summed E-state index contributed by atoms with van der Waals surface area (Å²) < 4.78 is 2.31. The lowest BCUT2D eigenvalue weighted by Gasteiger charge is -2.27. The van der Waals surface area contributed by atoms with Crippen LogP contribution in [0.15, 0.2) is 36.8 Å². The zero-order valence-corrected chi connectivity index (χ0v) is 18.2. The van der Waals surface area contributed by atoms with Crippen molar-refractivity contribution in [2.24, 2.45) is 0 Å². The second-order valence-electron chi connectivity index (χ2n) is 8.85. The minimum Gasteiger partial charge on any atom is -0.393 e. The normalized spacial score (nSPS) is 20.4. The number of nitrogens with zero attached hydrogens (tertiary/aromatic N) is 4. The van der Waals surface area contributed by atoms with Crippen molar-refractivity contribution in [3.05, 3.63) is 36.8 Å². The summed E-state index contributed by atoms with van der Waals surface area (Å²) in [6.07, 6.45) is 11.7. The van der Waals surface area contributed by atoms with E-state index in [1.165, 1.54) is 0 Å². The van der Waals surface area contributed by atoms with E-state index in [2.05, 4.69) is 63.3 Å². The van der Waals surface area contributed by atoms with E-state index in [9.17, 15) is 5.11 Å². The first-order chi connectivity index (χ1) is 15.1. The SMILES string of the molecule is CCCC(C)Nc1ncc2c(-c3ccc4[nH]ncc4c3)cn(C3CCC(O)CC3)c2n1. The fraction of sp³-hybridized carbons (Fsp3) is 0.458. The Morgan fingerprint density at radius 3 is 2.87 bits per heavy atom. The molecule has 1 aliphatic carbocycles. The van der Waals surface area contributed by atoms with Crippen LogP contribution in [0.3, 0.4) is 0 Å². The van der Waals surface area contributed by atoms with Crippen molar-refractivity contribution >= 4 is 27.9 Å². The van der Waals surface area contributed by atoms with E-state index >= 15 is 0 Å². The Hall–Kier alpha value is -2.93. The summed E-state index contributed by atoms with van der Waals surface area (Å²) in [5, 5.41) is 22.8. The average molecular weight is 419 g/mol. The third kappa shape index (κ3) is 3.90. The molecule has 0 radical (unpaired) electrons. The smallest absolute Gasteiger partial charge is 0.224 e. The molecule has 31 heavy (non-hydrogen) atoms. The first-order valence-corrected chi connectivity index (χ1v) is 11.4. The van der Waals surface area contributed by atoms with E-state index in [4.69, 9.17) is 4.98 Å². The van der Waals surface area contributed by atoms with Crippen LogP contribution >= 0.6 is 0 Å². The van der Waals surface area contributed by atoms with Gasteiger partial charge in [0.15, 0.2) is 0 Å². The van der Waals surface area contributed by atoms with Gasteiger partial charge in [-0.15, -0.1) is 0 Å². The number of aliphatic hydroxyl groups is 1. The number of anilines is 1. The molecule has 1 aromatic carbocycles. The standard InChI is InChI=1S/C24H30N6O/c1-3-4-15(2)27-24-25-13-20-21(16-5-10-22-17(11-16)12-26-29-22)14-30(23(20)28-24)18-6-8-19(31)9-7-18/h5,10-15,18-19,31H,3-4,6-9H2,1-2H3,(H,26,29)(H,25,27,28). The highest BCUT2D eigenvalue weighted by Crippen LogP contribution is 2.37. The van der Waals surface area contributed by atoms with Crippen molar-refractivity contribution in [1.82, 2.24) is 24.7 Å². The van der Waals surface area contributed by atoms with Crippen LogP contribution in [-0.4, -0.2) is 42.0 Å². The molecule has 0 amide bonds. The third-order valence-corrected chi connectivity index (χ3v) is 6.48. The molecule has 4 aromatic rings. The Labute approximate surface area is 181 Å². The van der Waals surface area contributed by atoms with Crippen LogP contribution in [0.4, 0.5) is 5.95 Å². The van der Waals surface area contributed by atoms with Gasteiger partial charge in [0, 0.05) is 40.8 Å². The zero-order valence-electron chi connectivity index (χ0n) is 18.2. The van der Waals surface area contributed by atoms with Gasteiger partial charge in [-0.05, 0) is 56.7 Å². The number of fused-ring (bicyclic) bond motifs is 2. The molecule has 0 saturated heterocycles. The maximum atomic E-state index is 9.99. The number of aromatic nitrogens is 5. The lowest BCUT2D eigenvalue weighted by Crippen LogP contribution is -2.21. The molecule has 5 rings (SSSR count). The molecule has 1 fully saturated rings. The molecule has 1 saturated carbocycles. The van der Waals surface area contributed by atoms with E-state index < -0.39 is 0 Å². The number of nitrogens with one attached hydrogen (secondary N) is 2. The van der Waals surface area contributed by atoms with E-state index in [0.29, 0.717) is 18.0 Å². The lowest BCUT2D eigenvalue weighted by molar-refractivity contribution is 0.111. The summed E-state index contributed by atoms with van der Waals surface area (Å²) in [4.78, 5) is 9.59. The second-order valence-corrected chi connectivity index (χ2v) is 8.85. The largest absolute Gasteiger partial charge is 0.393 e. The number of aromatic amines is 1. The van der Waals surface area contributed by atoms with Crippen molar-refractivity contribution in [2.75, 3.05) is 5.32 Å². The molecule has 1 unspecified atom stereocenters. The van der Waals surface area contributed by atoms with Gasteiger partial charge in [-0.25, -0.2) is 4.98 Å². The highest BCUT2D eigenvalue weighted by atomic mass is 16.3. The van der Waals surface area contributed by atoms with E-state index in [1.807, 2.05) is 12.4 Å². The van der Waals surface area contributed by atoms with E-state index in [-0.39, 0.29) is 6.10 Å². The van der Waals surface area contributed by atoms with Gasteiger partial charge in [0.25, 0.3) is 0 Å². The van der Waals surface area contributed by atoms with Crippen LogP contribution in [0.2, 0.25) is 0 Å². The van der Waals surface area contributed by atoms with Crippen LogP contribution in [0.1, 0.15) is 58.4 Å². The molecule has 7 heteroatoms. The average Bonchev–Trinajstić information content (AvgIpc) is 3.38. The van der Waals surface area contributed by atoms with Gasteiger partial charge in [-0.1, -0.05) is 19.4 Å². The van der Waals surface area contributed by atoms with Gasteiger partial charge in [-0.2, -0.15) is 10.1 Å². The van der Waals surface area contributed by atoms with E-state index in [1.54, 1.807) is 0 Å². The third-order valence-electron chi connectivity index (χ3n) is 6.48. The Bertz CT molecular complexity index is 1190. The quantitative estimate of drug-likeness (QED) is 0.407. The van der Waals surface area contributed by atoms with Crippen molar-refractivity contribution in [1.29, 1.82) is 0 Å². The first kappa shape index (κ1) is 20.0. The predicted molar refractivity (Wildman–Crippen MR) is 124 cm³/mol. The molecule has 0 spiro atoms. The summed E-state index contributed by atoms with van der Waals surface area (Å²) in [6.45, 7) is 4.36. The number of rotatable bonds is 6. The number of H-pyrrole nitrogens is 1. The van der Waals surface area contributed by atoms with Gasteiger partial charge < -0.3 is 15.0 Å². The monoisotopic (exact) mass is 418 g/mol. The lowest BCUT2D eigenvalue weighted by atomic mass is 9.93. The Morgan fingerprint density at radius 1 is 1.23 bits per heavy atom. The summed E-state index contributed by atoms with van der Waals surface area (Å²) >= 11 is 0. The number of hydrogen-bond donors (Lipinski definition) is 3. The molecule has 1 atom stereocenters. The second kappa shape index (κ2) is 8.30. The van der Waals surface area contributed by atoms with Crippen LogP contribution in [0.5, 0.6) is 0 Å². The molecule has 3 aromatic heterocycles. The maximum absolute atomic E-state index is 9.99. The summed E-state index contributed by atoms with van der Waals surface area (Å²) in [7, 11) is 0. The van der Waals surface area contributed by atoms with Crippen molar-refractivity contribution in [3.8, 4) is 11.1 Å². The Morgan fingerprint density at radius 2 is 2.06 bits per heavy atom. The number of hydrogen-bond acceptors (Lipinski definition) is 5. The van der Waals surface area contributed by atoms with Crippen molar-refractivity contribution in [2.45, 2.75) is 70.6 Å². The molecule has 7 nitrogen and oxygen atoms in total. The van der Waals surface area contributed by atoms with Gasteiger partial charge >= 0.3 is 0 Å². The molecule has 3 heterocycles. The molecule has 3 N–H and O–H groups in total. The highest BCUT2D eigenvalue weighted by Gasteiger charge is 2.24. The van der Waals surface area contributed by atoms with Gasteiger partial charge in [-0.3, -0.25) is 5.10 Å². The number of aliphatic hydroxyl groups excluding tert-OH is 1. The van der Waals surface area contributed by atoms with Crippen LogP contribution < -0.4 is 5.32 Å². The predicted octanol–water partition coefficient (Wildman–Crippen LogP) is 5.05.